The molecule has 2 aromatic carbocycles. The Labute approximate surface area is 141 Å². The lowest BCUT2D eigenvalue weighted by Gasteiger charge is -2.15. The van der Waals surface area contributed by atoms with Gasteiger partial charge in [-0.3, -0.25) is 4.79 Å². The van der Waals surface area contributed by atoms with Crippen molar-refractivity contribution in [3.05, 3.63) is 53.6 Å². The van der Waals surface area contributed by atoms with Crippen molar-refractivity contribution in [2.75, 3.05) is 11.9 Å². The third-order valence-corrected chi connectivity index (χ3v) is 3.34. The number of amides is 1. The molecule has 0 spiro atoms. The SMILES string of the molecule is CCCOc1ccc(OC(C)C(=O)Nc2ccc(Cl)cc2)cc1. The largest absolute Gasteiger partial charge is 0.494 e. The van der Waals surface area contributed by atoms with Gasteiger partial charge in [0.1, 0.15) is 11.5 Å². The van der Waals surface area contributed by atoms with Crippen molar-refractivity contribution in [2.45, 2.75) is 26.4 Å². The average Bonchev–Trinajstić information content (AvgIpc) is 2.56. The molecule has 5 heteroatoms. The van der Waals surface area contributed by atoms with Crippen molar-refractivity contribution >= 4 is 23.2 Å². The Morgan fingerprint density at radius 2 is 1.70 bits per heavy atom. The molecule has 0 fully saturated rings. The number of carbonyl (C=O) groups excluding carboxylic acids is 1. The Morgan fingerprint density at radius 1 is 1.09 bits per heavy atom. The zero-order chi connectivity index (χ0) is 16.7. The van der Waals surface area contributed by atoms with Gasteiger partial charge in [-0.15, -0.1) is 0 Å². The van der Waals surface area contributed by atoms with Gasteiger partial charge in [0.15, 0.2) is 6.10 Å². The molecule has 0 radical (unpaired) electrons. The minimum Gasteiger partial charge on any atom is -0.494 e. The lowest BCUT2D eigenvalue weighted by atomic mass is 10.3. The maximum atomic E-state index is 12.1. The maximum absolute atomic E-state index is 12.1. The fourth-order valence-electron chi connectivity index (χ4n) is 1.87. The highest BCUT2D eigenvalue weighted by Gasteiger charge is 2.14. The molecular weight excluding hydrogens is 314 g/mol. The van der Waals surface area contributed by atoms with Crippen LogP contribution in [0.2, 0.25) is 5.02 Å². The molecule has 1 atom stereocenters. The summed E-state index contributed by atoms with van der Waals surface area (Å²) in [5, 5.41) is 3.40. The number of halogens is 1. The van der Waals surface area contributed by atoms with Crippen LogP contribution >= 0.6 is 11.6 Å². The highest BCUT2D eigenvalue weighted by Crippen LogP contribution is 2.19. The molecule has 0 saturated carbocycles. The number of nitrogens with one attached hydrogen (secondary N) is 1. The highest BCUT2D eigenvalue weighted by atomic mass is 35.5. The van der Waals surface area contributed by atoms with Crippen LogP contribution in [-0.2, 0) is 4.79 Å². The van der Waals surface area contributed by atoms with Crippen molar-refractivity contribution in [1.82, 2.24) is 0 Å². The Morgan fingerprint density at radius 3 is 2.30 bits per heavy atom. The first-order valence-electron chi connectivity index (χ1n) is 7.54. The fraction of sp³-hybridized carbons (Fsp3) is 0.278. The van der Waals surface area contributed by atoms with Gasteiger partial charge in [0.05, 0.1) is 6.61 Å². The van der Waals surface area contributed by atoms with Crippen LogP contribution in [0.1, 0.15) is 20.3 Å². The van der Waals surface area contributed by atoms with Crippen LogP contribution in [0.4, 0.5) is 5.69 Å². The second kappa shape index (κ2) is 8.44. The molecule has 0 aliphatic rings. The minimum absolute atomic E-state index is 0.223. The van der Waals surface area contributed by atoms with Crippen molar-refractivity contribution < 1.29 is 14.3 Å². The fourth-order valence-corrected chi connectivity index (χ4v) is 2.00. The monoisotopic (exact) mass is 333 g/mol. The quantitative estimate of drug-likeness (QED) is 0.809. The number of benzene rings is 2. The van der Waals surface area contributed by atoms with Crippen molar-refractivity contribution in [1.29, 1.82) is 0 Å². The molecule has 2 rings (SSSR count). The molecule has 0 aliphatic heterocycles. The van der Waals surface area contributed by atoms with Gasteiger partial charge in [-0.2, -0.15) is 0 Å². The molecule has 1 amide bonds. The van der Waals surface area contributed by atoms with Gasteiger partial charge in [-0.1, -0.05) is 18.5 Å². The average molecular weight is 334 g/mol. The smallest absolute Gasteiger partial charge is 0.265 e. The Kier molecular flexibility index (Phi) is 6.29. The van der Waals surface area contributed by atoms with E-state index in [1.165, 1.54) is 0 Å². The van der Waals surface area contributed by atoms with Gasteiger partial charge in [0.25, 0.3) is 5.91 Å². The minimum atomic E-state index is -0.618. The van der Waals surface area contributed by atoms with Crippen molar-refractivity contribution in [3.63, 3.8) is 0 Å². The predicted octanol–water partition coefficient (Wildman–Crippen LogP) is 4.53. The van der Waals surface area contributed by atoms with Crippen molar-refractivity contribution in [2.24, 2.45) is 0 Å². The molecule has 4 nitrogen and oxygen atoms in total. The maximum Gasteiger partial charge on any atom is 0.265 e. The number of anilines is 1. The summed E-state index contributed by atoms with van der Waals surface area (Å²) in [6.45, 7) is 4.44. The molecule has 2 aromatic rings. The first-order valence-corrected chi connectivity index (χ1v) is 7.92. The summed E-state index contributed by atoms with van der Waals surface area (Å²) in [5.41, 5.74) is 0.679. The standard InChI is InChI=1S/C18H20ClNO3/c1-3-12-22-16-8-10-17(11-9-16)23-13(2)18(21)20-15-6-4-14(19)5-7-15/h4-11,13H,3,12H2,1-2H3,(H,20,21). The normalized spacial score (nSPS) is 11.6. The number of hydrogen-bond donors (Lipinski definition) is 1. The Balaban J connectivity index is 1.88. The van der Waals surface area contributed by atoms with Gasteiger partial charge in [0.2, 0.25) is 0 Å². The highest BCUT2D eigenvalue weighted by molar-refractivity contribution is 6.30. The van der Waals surface area contributed by atoms with Crippen LogP contribution in [0.3, 0.4) is 0 Å². The first-order chi connectivity index (χ1) is 11.1. The van der Waals surface area contributed by atoms with E-state index in [1.807, 2.05) is 12.1 Å². The van der Waals surface area contributed by atoms with Gasteiger partial charge >= 0.3 is 0 Å². The molecule has 1 N–H and O–H groups in total. The molecule has 0 saturated heterocycles. The third kappa shape index (κ3) is 5.49. The van der Waals surface area contributed by atoms with Gasteiger partial charge in [-0.05, 0) is 61.9 Å². The second-order valence-corrected chi connectivity index (χ2v) is 5.51. The van der Waals surface area contributed by atoms with Crippen molar-refractivity contribution in [3.8, 4) is 11.5 Å². The summed E-state index contributed by atoms with van der Waals surface area (Å²) in [4.78, 5) is 12.1. The molecule has 1 unspecified atom stereocenters. The van der Waals surface area contributed by atoms with Crippen LogP contribution in [0.15, 0.2) is 48.5 Å². The summed E-state index contributed by atoms with van der Waals surface area (Å²) in [6, 6.07) is 14.2. The van der Waals surface area contributed by atoms with Crippen LogP contribution in [0.5, 0.6) is 11.5 Å². The number of carbonyl (C=O) groups is 1. The molecule has 23 heavy (non-hydrogen) atoms. The van der Waals surface area contributed by atoms with Gasteiger partial charge < -0.3 is 14.8 Å². The molecular formula is C18H20ClNO3. The number of hydrogen-bond acceptors (Lipinski definition) is 3. The van der Waals surface area contributed by atoms with Crippen LogP contribution < -0.4 is 14.8 Å². The van der Waals surface area contributed by atoms with E-state index in [9.17, 15) is 4.79 Å². The van der Waals surface area contributed by atoms with E-state index in [1.54, 1.807) is 43.3 Å². The van der Waals surface area contributed by atoms with Crippen LogP contribution in [0, 0.1) is 0 Å². The molecule has 0 heterocycles. The van der Waals surface area contributed by atoms with E-state index in [0.717, 1.165) is 12.2 Å². The Hall–Kier alpha value is -2.20. The Bertz CT molecular complexity index is 626. The summed E-state index contributed by atoms with van der Waals surface area (Å²) < 4.78 is 11.1. The summed E-state index contributed by atoms with van der Waals surface area (Å²) >= 11 is 5.81. The predicted molar refractivity (Wildman–Crippen MR) is 92.4 cm³/mol. The lowest BCUT2D eigenvalue weighted by molar-refractivity contribution is -0.122. The van der Waals surface area contributed by atoms with E-state index < -0.39 is 6.10 Å². The van der Waals surface area contributed by atoms with E-state index in [-0.39, 0.29) is 5.91 Å². The van der Waals surface area contributed by atoms with E-state index in [2.05, 4.69) is 12.2 Å². The second-order valence-electron chi connectivity index (χ2n) is 5.08. The zero-order valence-corrected chi connectivity index (χ0v) is 14.0. The molecule has 122 valence electrons. The van der Waals surface area contributed by atoms with Crippen LogP contribution in [-0.4, -0.2) is 18.6 Å². The third-order valence-electron chi connectivity index (χ3n) is 3.09. The topological polar surface area (TPSA) is 47.6 Å². The summed E-state index contributed by atoms with van der Waals surface area (Å²) in [7, 11) is 0. The van der Waals surface area contributed by atoms with Gasteiger partial charge in [0, 0.05) is 10.7 Å². The molecule has 0 aliphatic carbocycles. The molecule has 0 bridgehead atoms. The van der Waals surface area contributed by atoms with Gasteiger partial charge in [-0.25, -0.2) is 0 Å². The van der Waals surface area contributed by atoms with Crippen LogP contribution in [0.25, 0.3) is 0 Å². The lowest BCUT2D eigenvalue weighted by Crippen LogP contribution is -2.30. The summed E-state index contributed by atoms with van der Waals surface area (Å²) in [6.07, 6.45) is 0.341. The van der Waals surface area contributed by atoms with E-state index >= 15 is 0 Å². The first kappa shape index (κ1) is 17.2. The zero-order valence-electron chi connectivity index (χ0n) is 13.2. The summed E-state index contributed by atoms with van der Waals surface area (Å²) in [5.74, 6) is 1.18. The molecule has 0 aromatic heterocycles. The van der Waals surface area contributed by atoms with E-state index in [0.29, 0.717) is 23.1 Å². The number of ether oxygens (including phenoxy) is 2. The van der Waals surface area contributed by atoms with E-state index in [4.69, 9.17) is 21.1 Å². The number of rotatable bonds is 7.